The number of nitrogens with two attached hydrogens (primary N) is 1. The van der Waals surface area contributed by atoms with Gasteiger partial charge in [-0.25, -0.2) is 0 Å². The molecule has 1 aliphatic rings. The summed E-state index contributed by atoms with van der Waals surface area (Å²) in [5.74, 6) is 1.63. The Labute approximate surface area is 137 Å². The molecule has 0 radical (unpaired) electrons. The lowest BCUT2D eigenvalue weighted by molar-refractivity contribution is 0.306. The highest BCUT2D eigenvalue weighted by molar-refractivity contribution is 5.68. The number of anilines is 2. The fourth-order valence-corrected chi connectivity index (χ4v) is 2.94. The summed E-state index contributed by atoms with van der Waals surface area (Å²) in [5, 5.41) is 3.53. The molecule has 0 aliphatic heterocycles. The topological polar surface area (TPSA) is 56.5 Å². The normalized spacial score (nSPS) is 14.7. The Kier molecular flexibility index (Phi) is 4.91. The molecule has 1 aliphatic carbocycles. The van der Waals surface area contributed by atoms with E-state index in [1.807, 2.05) is 42.5 Å². The molecular formula is C19H24N2O2. The Hall–Kier alpha value is -2.36. The van der Waals surface area contributed by atoms with Crippen LogP contribution < -0.4 is 20.5 Å². The predicted molar refractivity (Wildman–Crippen MR) is 94.1 cm³/mol. The van der Waals surface area contributed by atoms with Crippen LogP contribution in [-0.4, -0.2) is 13.2 Å². The highest BCUT2D eigenvalue weighted by Gasteiger charge is 2.15. The van der Waals surface area contributed by atoms with Gasteiger partial charge in [0.05, 0.1) is 18.5 Å². The number of methoxy groups -OCH3 is 1. The van der Waals surface area contributed by atoms with E-state index in [-0.39, 0.29) is 0 Å². The zero-order valence-electron chi connectivity index (χ0n) is 13.5. The maximum Gasteiger partial charge on any atom is 0.122 e. The van der Waals surface area contributed by atoms with Crippen LogP contribution in [-0.2, 0) is 6.61 Å². The summed E-state index contributed by atoms with van der Waals surface area (Å²) >= 11 is 0. The van der Waals surface area contributed by atoms with Crippen molar-refractivity contribution in [3.63, 3.8) is 0 Å². The SMILES string of the molecule is COc1ccc(COc2ccc(NC3CCCC3)c(N)c2)cc1. The molecule has 0 spiro atoms. The molecule has 3 rings (SSSR count). The van der Waals surface area contributed by atoms with E-state index in [0.29, 0.717) is 12.6 Å². The van der Waals surface area contributed by atoms with Crippen LogP contribution in [0.15, 0.2) is 42.5 Å². The third kappa shape index (κ3) is 4.09. The van der Waals surface area contributed by atoms with Crippen molar-refractivity contribution in [2.45, 2.75) is 38.3 Å². The zero-order valence-corrected chi connectivity index (χ0v) is 13.5. The number of nitrogen functional groups attached to an aromatic ring is 1. The fraction of sp³-hybridized carbons (Fsp3) is 0.368. The largest absolute Gasteiger partial charge is 0.497 e. The van der Waals surface area contributed by atoms with Crippen molar-refractivity contribution in [1.29, 1.82) is 0 Å². The van der Waals surface area contributed by atoms with Gasteiger partial charge in [-0.3, -0.25) is 0 Å². The maximum atomic E-state index is 6.15. The first kappa shape index (κ1) is 15.5. The van der Waals surface area contributed by atoms with Crippen LogP contribution in [0.4, 0.5) is 11.4 Å². The van der Waals surface area contributed by atoms with Crippen molar-refractivity contribution < 1.29 is 9.47 Å². The second-order valence-electron chi connectivity index (χ2n) is 6.01. The predicted octanol–water partition coefficient (Wildman–Crippen LogP) is 4.21. The van der Waals surface area contributed by atoms with Crippen molar-refractivity contribution in [1.82, 2.24) is 0 Å². The van der Waals surface area contributed by atoms with Crippen LogP contribution in [0.2, 0.25) is 0 Å². The number of hydrogen-bond acceptors (Lipinski definition) is 4. The molecule has 23 heavy (non-hydrogen) atoms. The van der Waals surface area contributed by atoms with E-state index in [2.05, 4.69) is 5.32 Å². The van der Waals surface area contributed by atoms with Crippen LogP contribution in [0.1, 0.15) is 31.2 Å². The van der Waals surface area contributed by atoms with E-state index in [1.165, 1.54) is 25.7 Å². The van der Waals surface area contributed by atoms with E-state index in [4.69, 9.17) is 15.2 Å². The van der Waals surface area contributed by atoms with Gasteiger partial charge in [0.15, 0.2) is 0 Å². The third-order valence-electron chi connectivity index (χ3n) is 4.30. The van der Waals surface area contributed by atoms with Crippen molar-refractivity contribution in [2.24, 2.45) is 0 Å². The van der Waals surface area contributed by atoms with Gasteiger partial charge in [-0.05, 0) is 42.7 Å². The van der Waals surface area contributed by atoms with E-state index >= 15 is 0 Å². The average molecular weight is 312 g/mol. The fourth-order valence-electron chi connectivity index (χ4n) is 2.94. The van der Waals surface area contributed by atoms with Gasteiger partial charge in [-0.1, -0.05) is 25.0 Å². The van der Waals surface area contributed by atoms with E-state index < -0.39 is 0 Å². The summed E-state index contributed by atoms with van der Waals surface area (Å²) in [5.41, 5.74) is 8.99. The third-order valence-corrected chi connectivity index (χ3v) is 4.30. The maximum absolute atomic E-state index is 6.15. The van der Waals surface area contributed by atoms with Crippen molar-refractivity contribution in [2.75, 3.05) is 18.2 Å². The van der Waals surface area contributed by atoms with E-state index in [1.54, 1.807) is 7.11 Å². The summed E-state index contributed by atoms with van der Waals surface area (Å²) in [7, 11) is 1.66. The zero-order chi connectivity index (χ0) is 16.1. The van der Waals surface area contributed by atoms with Crippen LogP contribution >= 0.6 is 0 Å². The molecule has 0 bridgehead atoms. The molecule has 4 nitrogen and oxygen atoms in total. The molecule has 2 aromatic carbocycles. The van der Waals surface area contributed by atoms with Crippen LogP contribution in [0.5, 0.6) is 11.5 Å². The second-order valence-corrected chi connectivity index (χ2v) is 6.01. The number of benzene rings is 2. The molecule has 0 aromatic heterocycles. The lowest BCUT2D eigenvalue weighted by atomic mass is 10.2. The highest BCUT2D eigenvalue weighted by Crippen LogP contribution is 2.29. The minimum absolute atomic E-state index is 0.513. The van der Waals surface area contributed by atoms with Crippen LogP contribution in [0, 0.1) is 0 Å². The Morgan fingerprint density at radius 3 is 2.39 bits per heavy atom. The van der Waals surface area contributed by atoms with Crippen LogP contribution in [0.3, 0.4) is 0 Å². The summed E-state index contributed by atoms with van der Waals surface area (Å²) in [6.07, 6.45) is 5.07. The monoisotopic (exact) mass is 312 g/mol. The first-order valence-corrected chi connectivity index (χ1v) is 8.16. The van der Waals surface area contributed by atoms with Gasteiger partial charge in [0.2, 0.25) is 0 Å². The number of hydrogen-bond donors (Lipinski definition) is 2. The van der Waals surface area contributed by atoms with Gasteiger partial charge in [0, 0.05) is 12.1 Å². The Morgan fingerprint density at radius 1 is 1.04 bits per heavy atom. The number of nitrogens with one attached hydrogen (secondary N) is 1. The van der Waals surface area contributed by atoms with Gasteiger partial charge in [-0.2, -0.15) is 0 Å². The molecule has 0 amide bonds. The number of ether oxygens (including phenoxy) is 2. The van der Waals surface area contributed by atoms with Crippen LogP contribution in [0.25, 0.3) is 0 Å². The molecule has 4 heteroatoms. The lowest BCUT2D eigenvalue weighted by Gasteiger charge is -2.16. The van der Waals surface area contributed by atoms with Gasteiger partial charge in [-0.15, -0.1) is 0 Å². The van der Waals surface area contributed by atoms with Gasteiger partial charge in [0.25, 0.3) is 0 Å². The Balaban J connectivity index is 1.58. The molecular weight excluding hydrogens is 288 g/mol. The molecule has 0 atom stereocenters. The summed E-state index contributed by atoms with van der Waals surface area (Å²) in [4.78, 5) is 0. The summed E-state index contributed by atoms with van der Waals surface area (Å²) < 4.78 is 11.0. The molecule has 1 saturated carbocycles. The van der Waals surface area contributed by atoms with Gasteiger partial charge in [0.1, 0.15) is 18.1 Å². The first-order valence-electron chi connectivity index (χ1n) is 8.16. The average Bonchev–Trinajstić information content (AvgIpc) is 3.09. The molecule has 0 heterocycles. The minimum Gasteiger partial charge on any atom is -0.497 e. The van der Waals surface area contributed by atoms with E-state index in [0.717, 1.165) is 28.4 Å². The quantitative estimate of drug-likeness (QED) is 0.785. The first-order chi connectivity index (χ1) is 11.2. The number of rotatable bonds is 6. The van der Waals surface area contributed by atoms with Gasteiger partial charge >= 0.3 is 0 Å². The molecule has 3 N–H and O–H groups in total. The second kappa shape index (κ2) is 7.27. The smallest absolute Gasteiger partial charge is 0.122 e. The van der Waals surface area contributed by atoms with Crippen molar-refractivity contribution in [3.8, 4) is 11.5 Å². The molecule has 0 unspecified atom stereocenters. The Morgan fingerprint density at radius 2 is 1.74 bits per heavy atom. The Bertz CT molecular complexity index is 634. The standard InChI is InChI=1S/C19H24N2O2/c1-22-16-8-6-14(7-9-16)13-23-17-10-11-19(18(20)12-17)21-15-4-2-3-5-15/h6-12,15,21H,2-5,13,20H2,1H3. The molecule has 2 aromatic rings. The van der Waals surface area contributed by atoms with E-state index in [9.17, 15) is 0 Å². The highest BCUT2D eigenvalue weighted by atomic mass is 16.5. The van der Waals surface area contributed by atoms with Crippen molar-refractivity contribution in [3.05, 3.63) is 48.0 Å². The van der Waals surface area contributed by atoms with Gasteiger partial charge < -0.3 is 20.5 Å². The minimum atomic E-state index is 0.513. The molecule has 122 valence electrons. The molecule has 1 fully saturated rings. The summed E-state index contributed by atoms with van der Waals surface area (Å²) in [6.45, 7) is 0.513. The lowest BCUT2D eigenvalue weighted by Crippen LogP contribution is -2.15. The van der Waals surface area contributed by atoms with Crippen molar-refractivity contribution >= 4 is 11.4 Å². The molecule has 0 saturated heterocycles. The summed E-state index contributed by atoms with van der Waals surface area (Å²) in [6, 6.07) is 14.3.